The van der Waals surface area contributed by atoms with Crippen molar-refractivity contribution in [2.75, 3.05) is 0 Å². The maximum Gasteiger partial charge on any atom is 0.123 e. The molecule has 0 saturated heterocycles. The van der Waals surface area contributed by atoms with Crippen molar-refractivity contribution in [1.29, 1.82) is 0 Å². The highest BCUT2D eigenvalue weighted by Gasteiger charge is 2.65. The van der Waals surface area contributed by atoms with Crippen molar-refractivity contribution in [1.82, 2.24) is 0 Å². The number of fused-ring (bicyclic) bond motifs is 1. The van der Waals surface area contributed by atoms with Gasteiger partial charge in [0.05, 0.1) is 0 Å². The van der Waals surface area contributed by atoms with E-state index in [1.807, 2.05) is 12.1 Å². The summed E-state index contributed by atoms with van der Waals surface area (Å²) in [6.45, 7) is 9.77. The van der Waals surface area contributed by atoms with Gasteiger partial charge in [-0.2, -0.15) is 0 Å². The van der Waals surface area contributed by atoms with Gasteiger partial charge in [0.15, 0.2) is 0 Å². The lowest BCUT2D eigenvalue weighted by atomic mass is 9.44. The Morgan fingerprint density at radius 2 is 1.91 bits per heavy atom. The number of hydrogen-bond donors (Lipinski definition) is 1. The van der Waals surface area contributed by atoms with Crippen LogP contribution in [0.4, 0.5) is 0 Å². The molecule has 4 atom stereocenters. The molecule has 0 aromatic heterocycles. The van der Waals surface area contributed by atoms with Gasteiger partial charge in [-0.3, -0.25) is 0 Å². The van der Waals surface area contributed by atoms with Crippen LogP contribution in [-0.2, 0) is 6.42 Å². The van der Waals surface area contributed by atoms with Crippen LogP contribution in [0.25, 0.3) is 0 Å². The van der Waals surface area contributed by atoms with E-state index < -0.39 is 0 Å². The van der Waals surface area contributed by atoms with Crippen molar-refractivity contribution in [3.8, 4) is 11.5 Å². The van der Waals surface area contributed by atoms with Gasteiger partial charge < -0.3 is 9.84 Å². The van der Waals surface area contributed by atoms with Crippen LogP contribution in [0.2, 0.25) is 0 Å². The highest BCUT2D eigenvalue weighted by molar-refractivity contribution is 5.44. The van der Waals surface area contributed by atoms with Crippen molar-refractivity contribution in [2.24, 2.45) is 22.7 Å². The third-order valence-electron chi connectivity index (χ3n) is 7.71. The molecule has 0 unspecified atom stereocenters. The van der Waals surface area contributed by atoms with Crippen molar-refractivity contribution < 1.29 is 9.84 Å². The second-order valence-corrected chi connectivity index (χ2v) is 9.25. The monoisotopic (exact) mass is 314 g/mol. The van der Waals surface area contributed by atoms with Crippen LogP contribution in [0.1, 0.15) is 65.4 Å². The van der Waals surface area contributed by atoms with E-state index in [0.717, 1.165) is 12.2 Å². The summed E-state index contributed by atoms with van der Waals surface area (Å²) in [5, 5.41) is 9.89. The predicted molar refractivity (Wildman–Crippen MR) is 92.8 cm³/mol. The van der Waals surface area contributed by atoms with Crippen molar-refractivity contribution >= 4 is 0 Å². The van der Waals surface area contributed by atoms with Gasteiger partial charge in [-0.25, -0.2) is 0 Å². The van der Waals surface area contributed by atoms with Crippen LogP contribution in [-0.4, -0.2) is 10.7 Å². The van der Waals surface area contributed by atoms with Gasteiger partial charge in [-0.15, -0.1) is 0 Å². The molecule has 1 spiro atoms. The molecule has 0 bridgehead atoms. The molecular formula is C21H30O2. The Bertz CT molecular complexity index is 635. The first-order valence-electron chi connectivity index (χ1n) is 9.29. The van der Waals surface area contributed by atoms with Gasteiger partial charge in [0.25, 0.3) is 0 Å². The molecule has 23 heavy (non-hydrogen) atoms. The molecule has 2 aliphatic carbocycles. The number of benzene rings is 1. The van der Waals surface area contributed by atoms with Crippen LogP contribution in [0, 0.1) is 22.7 Å². The largest absolute Gasteiger partial charge is 0.508 e. The summed E-state index contributed by atoms with van der Waals surface area (Å²) in [7, 11) is 0. The molecule has 1 aromatic rings. The number of rotatable bonds is 0. The molecule has 126 valence electrons. The molecule has 1 aromatic carbocycles. The van der Waals surface area contributed by atoms with Gasteiger partial charge in [-0.1, -0.05) is 27.7 Å². The molecule has 1 N–H and O–H groups in total. The maximum absolute atomic E-state index is 9.89. The molecule has 1 heterocycles. The number of hydrogen-bond acceptors (Lipinski definition) is 2. The summed E-state index contributed by atoms with van der Waals surface area (Å²) in [4.78, 5) is 0. The van der Waals surface area contributed by atoms with Crippen molar-refractivity contribution in [3.05, 3.63) is 23.8 Å². The molecule has 3 aliphatic rings. The minimum atomic E-state index is -0.0314. The molecule has 0 radical (unpaired) electrons. The van der Waals surface area contributed by atoms with Crippen LogP contribution in [0.5, 0.6) is 11.5 Å². The van der Waals surface area contributed by atoms with E-state index in [-0.39, 0.29) is 11.0 Å². The molecule has 2 heteroatoms. The zero-order chi connectivity index (χ0) is 16.5. The van der Waals surface area contributed by atoms with Crippen LogP contribution in [0.15, 0.2) is 18.2 Å². The Labute approximate surface area is 140 Å². The Kier molecular flexibility index (Phi) is 3.12. The summed E-state index contributed by atoms with van der Waals surface area (Å²) in [5.41, 5.74) is 1.67. The van der Waals surface area contributed by atoms with Crippen LogP contribution < -0.4 is 4.74 Å². The first-order chi connectivity index (χ1) is 10.8. The highest BCUT2D eigenvalue weighted by atomic mass is 16.5. The predicted octanol–water partition coefficient (Wildman–Crippen LogP) is 5.33. The summed E-state index contributed by atoms with van der Waals surface area (Å²) < 4.78 is 6.88. The average Bonchev–Trinajstić information content (AvgIpc) is 2.46. The second-order valence-electron chi connectivity index (χ2n) is 9.25. The average molecular weight is 314 g/mol. The first-order valence-corrected chi connectivity index (χ1v) is 9.29. The normalized spacial score (nSPS) is 41.2. The van der Waals surface area contributed by atoms with Gasteiger partial charge in [-0.05, 0) is 73.6 Å². The Balaban J connectivity index is 1.88. The Morgan fingerprint density at radius 3 is 2.70 bits per heavy atom. The highest BCUT2D eigenvalue weighted by Crippen LogP contribution is 2.65. The van der Waals surface area contributed by atoms with Crippen LogP contribution >= 0.6 is 0 Å². The van der Waals surface area contributed by atoms with Crippen molar-refractivity contribution in [2.45, 2.75) is 71.8 Å². The minimum absolute atomic E-state index is 0.0314. The summed E-state index contributed by atoms with van der Waals surface area (Å²) in [5.74, 6) is 2.66. The third-order valence-corrected chi connectivity index (χ3v) is 7.71. The Hall–Kier alpha value is -1.18. The molecule has 2 nitrogen and oxygen atoms in total. The molecule has 2 saturated carbocycles. The fourth-order valence-electron chi connectivity index (χ4n) is 6.20. The van der Waals surface area contributed by atoms with E-state index in [1.165, 1.54) is 37.7 Å². The van der Waals surface area contributed by atoms with E-state index in [9.17, 15) is 5.11 Å². The molecule has 2 fully saturated rings. The number of aromatic hydroxyl groups is 1. The molecule has 0 amide bonds. The molecule has 4 rings (SSSR count). The lowest BCUT2D eigenvalue weighted by Gasteiger charge is -2.66. The lowest BCUT2D eigenvalue weighted by molar-refractivity contribution is -0.210. The fraction of sp³-hybridized carbons (Fsp3) is 0.714. The number of ether oxygens (including phenoxy) is 1. The second kappa shape index (κ2) is 4.68. The maximum atomic E-state index is 9.89. The van der Waals surface area contributed by atoms with E-state index in [4.69, 9.17) is 4.74 Å². The smallest absolute Gasteiger partial charge is 0.123 e. The zero-order valence-electron chi connectivity index (χ0n) is 15.0. The standard InChI is InChI=1S/C21H30O2/c1-14-6-9-18-19(2,3)10-5-11-21(18)20(14,4)13-15-12-16(22)7-8-17(15)23-21/h7-8,12,14,18,22H,5-6,9-11,13H2,1-4H3/t14-,18+,20-,21+/m1/s1. The molecular weight excluding hydrogens is 284 g/mol. The van der Waals surface area contributed by atoms with Gasteiger partial charge in [0, 0.05) is 11.3 Å². The number of phenolic OH excluding ortho intramolecular Hbond substituents is 1. The quantitative estimate of drug-likeness (QED) is 0.701. The van der Waals surface area contributed by atoms with E-state index >= 15 is 0 Å². The molecule has 1 aliphatic heterocycles. The Morgan fingerprint density at radius 1 is 1.13 bits per heavy atom. The van der Waals surface area contributed by atoms with Gasteiger partial charge in [0.1, 0.15) is 17.1 Å². The zero-order valence-corrected chi connectivity index (χ0v) is 15.0. The van der Waals surface area contributed by atoms with Crippen molar-refractivity contribution in [3.63, 3.8) is 0 Å². The number of phenols is 1. The minimum Gasteiger partial charge on any atom is -0.508 e. The van der Waals surface area contributed by atoms with Gasteiger partial charge in [0.2, 0.25) is 0 Å². The van der Waals surface area contributed by atoms with Crippen LogP contribution in [0.3, 0.4) is 0 Å². The summed E-state index contributed by atoms with van der Waals surface area (Å²) >= 11 is 0. The van der Waals surface area contributed by atoms with E-state index in [0.29, 0.717) is 23.0 Å². The summed E-state index contributed by atoms with van der Waals surface area (Å²) in [6.07, 6.45) is 7.38. The first kappa shape index (κ1) is 15.4. The van der Waals surface area contributed by atoms with E-state index in [1.54, 1.807) is 6.07 Å². The summed E-state index contributed by atoms with van der Waals surface area (Å²) in [6, 6.07) is 5.67. The topological polar surface area (TPSA) is 29.5 Å². The fourth-order valence-corrected chi connectivity index (χ4v) is 6.20. The van der Waals surface area contributed by atoms with Gasteiger partial charge >= 0.3 is 0 Å². The SMILES string of the molecule is C[C@@H]1CC[C@H]2C(C)(C)CCC[C@]23Oc2ccc(O)cc2C[C@]13C. The lowest BCUT2D eigenvalue weighted by Crippen LogP contribution is -2.68. The third kappa shape index (κ3) is 1.93. The van der Waals surface area contributed by atoms with E-state index in [2.05, 4.69) is 27.7 Å².